The molecule has 0 aliphatic carbocycles. The van der Waals surface area contributed by atoms with E-state index < -0.39 is 18.0 Å². The first-order chi connectivity index (χ1) is 15.5. The fourth-order valence-corrected chi connectivity index (χ4v) is 3.67. The molecular formula is C24H23N3O3S2. The molecule has 3 aromatic rings. The molecule has 0 unspecified atom stereocenters. The molecule has 2 aromatic carbocycles. The van der Waals surface area contributed by atoms with Crippen molar-refractivity contribution in [3.63, 3.8) is 0 Å². The number of anilines is 1. The largest absolute Gasteiger partial charge is 0.388 e. The maximum absolute atomic E-state index is 12.8. The van der Waals surface area contributed by atoms with Crippen LogP contribution in [0.15, 0.2) is 73.1 Å². The lowest BCUT2D eigenvalue weighted by Gasteiger charge is -2.14. The Kier molecular flexibility index (Phi) is 8.49. The highest BCUT2D eigenvalue weighted by Crippen LogP contribution is 2.28. The first-order valence-corrected chi connectivity index (χ1v) is 11.7. The number of hydrogen-bond donors (Lipinski definition) is 2. The zero-order valence-electron chi connectivity index (χ0n) is 17.5. The number of thioether (sulfide) groups is 1. The van der Waals surface area contributed by atoms with E-state index in [9.17, 15) is 9.59 Å². The van der Waals surface area contributed by atoms with Crippen LogP contribution in [-0.2, 0) is 9.53 Å². The Morgan fingerprint density at radius 3 is 2.62 bits per heavy atom. The van der Waals surface area contributed by atoms with E-state index in [2.05, 4.69) is 10.3 Å². The average Bonchev–Trinajstić information content (AvgIpc) is 2.83. The van der Waals surface area contributed by atoms with Crippen LogP contribution >= 0.6 is 24.0 Å². The molecule has 1 heterocycles. The molecule has 164 valence electrons. The molecule has 6 nitrogen and oxygen atoms in total. The molecule has 32 heavy (non-hydrogen) atoms. The first-order valence-electron chi connectivity index (χ1n) is 9.91. The molecule has 0 aliphatic rings. The number of nitrogens with two attached hydrogens (primary N) is 1. The normalized spacial score (nSPS) is 11.4. The minimum absolute atomic E-state index is 0.263. The second-order valence-corrected chi connectivity index (χ2v) is 8.31. The smallest absolute Gasteiger partial charge is 0.346 e. The Balaban J connectivity index is 1.86. The Labute approximate surface area is 196 Å². The lowest BCUT2D eigenvalue weighted by atomic mass is 9.99. The van der Waals surface area contributed by atoms with Crippen LogP contribution < -0.4 is 11.1 Å². The van der Waals surface area contributed by atoms with E-state index in [1.807, 2.05) is 42.7 Å². The zero-order chi connectivity index (χ0) is 22.9. The molecule has 1 aromatic heterocycles. The summed E-state index contributed by atoms with van der Waals surface area (Å²) in [5.74, 6) is -0.769. The number of nitrogens with one attached hydrogen (secondary N) is 1. The number of ether oxygens (including phenoxy) is 1. The molecule has 0 saturated heterocycles. The van der Waals surface area contributed by atoms with Crippen molar-refractivity contribution < 1.29 is 14.3 Å². The molecule has 0 bridgehead atoms. The molecule has 0 fully saturated rings. The number of pyridine rings is 1. The van der Waals surface area contributed by atoms with Crippen molar-refractivity contribution >= 4 is 46.6 Å². The summed E-state index contributed by atoms with van der Waals surface area (Å²) in [7, 11) is 0. The zero-order valence-corrected chi connectivity index (χ0v) is 19.1. The van der Waals surface area contributed by atoms with Crippen molar-refractivity contribution in [3.05, 3.63) is 84.2 Å². The van der Waals surface area contributed by atoms with Gasteiger partial charge in [0.2, 0.25) is 0 Å². The number of thiocarbonyl (C=S) groups is 1. The average molecular weight is 466 g/mol. The van der Waals surface area contributed by atoms with Gasteiger partial charge in [0.1, 0.15) is 11.0 Å². The summed E-state index contributed by atoms with van der Waals surface area (Å²) >= 11 is 7.04. The van der Waals surface area contributed by atoms with Crippen molar-refractivity contribution in [3.8, 4) is 11.1 Å². The van der Waals surface area contributed by atoms with Gasteiger partial charge in [-0.05, 0) is 59.9 Å². The number of aromatic nitrogens is 1. The van der Waals surface area contributed by atoms with E-state index in [0.717, 1.165) is 11.1 Å². The van der Waals surface area contributed by atoms with Crippen LogP contribution in [0.25, 0.3) is 11.1 Å². The van der Waals surface area contributed by atoms with Gasteiger partial charge in [-0.2, -0.15) is 11.8 Å². The van der Waals surface area contributed by atoms with Gasteiger partial charge < -0.3 is 15.8 Å². The van der Waals surface area contributed by atoms with Gasteiger partial charge in [-0.15, -0.1) is 0 Å². The monoisotopic (exact) mass is 465 g/mol. The summed E-state index contributed by atoms with van der Waals surface area (Å²) in [5.41, 5.74) is 8.99. The van der Waals surface area contributed by atoms with Crippen molar-refractivity contribution in [2.45, 2.75) is 12.5 Å². The number of rotatable bonds is 8. The SMILES string of the molecule is CSCC[C@H](N)C(=O)OC(=O)c1ccc(NC(=S)c2cccnc2)cc1-c1ccccc1. The van der Waals surface area contributed by atoms with Crippen LogP contribution in [0, 0.1) is 0 Å². The quantitative estimate of drug-likeness (QED) is 0.289. The fraction of sp³-hybridized carbons (Fsp3) is 0.167. The molecule has 8 heteroatoms. The van der Waals surface area contributed by atoms with Crippen LogP contribution in [0.4, 0.5) is 5.69 Å². The van der Waals surface area contributed by atoms with E-state index in [0.29, 0.717) is 28.4 Å². The number of carbonyl (C=O) groups is 2. The number of nitrogens with zero attached hydrogens (tertiary/aromatic N) is 1. The van der Waals surface area contributed by atoms with E-state index in [1.54, 1.807) is 48.4 Å². The van der Waals surface area contributed by atoms with Crippen molar-refractivity contribution in [1.82, 2.24) is 4.98 Å². The van der Waals surface area contributed by atoms with E-state index in [-0.39, 0.29) is 5.56 Å². The number of hydrogen-bond acceptors (Lipinski definition) is 7. The van der Waals surface area contributed by atoms with Gasteiger partial charge >= 0.3 is 11.9 Å². The van der Waals surface area contributed by atoms with Crippen LogP contribution in [0.5, 0.6) is 0 Å². The standard InChI is InChI=1S/C24H23N3O3S2/c1-32-13-11-21(25)24(29)30-23(28)19-10-9-18(14-20(19)16-6-3-2-4-7-16)27-22(31)17-8-5-12-26-15-17/h2-10,12,14-15,21H,11,13,25H2,1H3,(H,27,31)/t21-/m0/s1. The number of benzene rings is 2. The third-order valence-electron chi connectivity index (χ3n) is 4.63. The number of esters is 2. The maximum Gasteiger partial charge on any atom is 0.346 e. The fourth-order valence-electron chi connectivity index (χ4n) is 2.94. The highest BCUT2D eigenvalue weighted by molar-refractivity contribution is 7.98. The second kappa shape index (κ2) is 11.5. The molecular weight excluding hydrogens is 442 g/mol. The van der Waals surface area contributed by atoms with Gasteiger partial charge in [-0.1, -0.05) is 42.5 Å². The van der Waals surface area contributed by atoms with Gasteiger partial charge in [-0.3, -0.25) is 4.98 Å². The summed E-state index contributed by atoms with van der Waals surface area (Å²) in [5, 5.41) is 3.17. The first kappa shape index (κ1) is 23.6. The van der Waals surface area contributed by atoms with E-state index in [1.165, 1.54) is 0 Å². The van der Waals surface area contributed by atoms with Gasteiger partial charge in [0, 0.05) is 23.6 Å². The topological polar surface area (TPSA) is 94.3 Å². The molecule has 3 N–H and O–H groups in total. The third kappa shape index (κ3) is 6.23. The van der Waals surface area contributed by atoms with Crippen LogP contribution in [-0.4, -0.2) is 40.0 Å². The summed E-state index contributed by atoms with van der Waals surface area (Å²) in [6.07, 6.45) is 5.71. The molecule has 3 rings (SSSR count). The predicted octanol–water partition coefficient (Wildman–Crippen LogP) is 4.30. The molecule has 0 aliphatic heterocycles. The maximum atomic E-state index is 12.8. The van der Waals surface area contributed by atoms with Crippen LogP contribution in [0.1, 0.15) is 22.3 Å². The van der Waals surface area contributed by atoms with Gasteiger partial charge in [0.05, 0.1) is 5.56 Å². The Hall–Kier alpha value is -3.07. The molecule has 0 saturated carbocycles. The minimum Gasteiger partial charge on any atom is -0.388 e. The summed E-state index contributed by atoms with van der Waals surface area (Å²) in [6.45, 7) is 0. The molecule has 0 radical (unpaired) electrons. The lowest BCUT2D eigenvalue weighted by Crippen LogP contribution is -2.34. The summed E-state index contributed by atoms with van der Waals surface area (Å²) in [6, 6.07) is 17.3. The van der Waals surface area contributed by atoms with Crippen molar-refractivity contribution in [2.75, 3.05) is 17.3 Å². The Bertz CT molecular complexity index is 1090. The van der Waals surface area contributed by atoms with Crippen molar-refractivity contribution in [1.29, 1.82) is 0 Å². The highest BCUT2D eigenvalue weighted by atomic mass is 32.2. The van der Waals surface area contributed by atoms with Gasteiger partial charge in [0.15, 0.2) is 0 Å². The second-order valence-electron chi connectivity index (χ2n) is 6.92. The van der Waals surface area contributed by atoms with Crippen LogP contribution in [0.2, 0.25) is 0 Å². The highest BCUT2D eigenvalue weighted by Gasteiger charge is 2.22. The summed E-state index contributed by atoms with van der Waals surface area (Å²) < 4.78 is 5.08. The molecule has 1 atom stereocenters. The lowest BCUT2D eigenvalue weighted by molar-refractivity contribution is -0.139. The number of carbonyl (C=O) groups excluding carboxylic acids is 2. The van der Waals surface area contributed by atoms with Crippen molar-refractivity contribution in [2.24, 2.45) is 5.73 Å². The van der Waals surface area contributed by atoms with E-state index in [4.69, 9.17) is 22.7 Å². The molecule has 0 spiro atoms. The molecule has 0 amide bonds. The minimum atomic E-state index is -0.843. The van der Waals surface area contributed by atoms with Gasteiger partial charge in [-0.25, -0.2) is 9.59 Å². The van der Waals surface area contributed by atoms with E-state index >= 15 is 0 Å². The third-order valence-corrected chi connectivity index (χ3v) is 5.62. The Morgan fingerprint density at radius 1 is 1.16 bits per heavy atom. The van der Waals surface area contributed by atoms with Crippen LogP contribution in [0.3, 0.4) is 0 Å². The Morgan fingerprint density at radius 2 is 1.94 bits per heavy atom. The predicted molar refractivity (Wildman–Crippen MR) is 133 cm³/mol. The van der Waals surface area contributed by atoms with Gasteiger partial charge in [0.25, 0.3) is 0 Å². The summed E-state index contributed by atoms with van der Waals surface area (Å²) in [4.78, 5) is 29.6.